The van der Waals surface area contributed by atoms with Crippen LogP contribution in [0.1, 0.15) is 64.5 Å². The first-order valence-corrected chi connectivity index (χ1v) is 23.4. The van der Waals surface area contributed by atoms with Crippen LogP contribution in [0.3, 0.4) is 0 Å². The van der Waals surface area contributed by atoms with Gasteiger partial charge in [0.15, 0.2) is 0 Å². The molecule has 2 aliphatic heterocycles. The third kappa shape index (κ3) is 10.9. The number of nitrogens with zero attached hydrogens (tertiary/aromatic N) is 4. The zero-order valence-corrected chi connectivity index (χ0v) is 37.4. The number of hydrogen-bond donors (Lipinski definition) is 4. The van der Waals surface area contributed by atoms with Crippen molar-refractivity contribution >= 4 is 88.0 Å². The lowest BCUT2D eigenvalue weighted by Gasteiger charge is -2.23. The molecule has 0 aliphatic carbocycles. The molecule has 4 amide bonds. The summed E-state index contributed by atoms with van der Waals surface area (Å²) in [6, 6.07) is 8.55. The van der Waals surface area contributed by atoms with Gasteiger partial charge in [-0.05, 0) is 31.2 Å². The van der Waals surface area contributed by atoms with Crippen molar-refractivity contribution in [1.29, 1.82) is 0 Å². The van der Waals surface area contributed by atoms with Crippen LogP contribution in [0.2, 0.25) is 0 Å². The van der Waals surface area contributed by atoms with Crippen LogP contribution in [0, 0.1) is 0 Å². The summed E-state index contributed by atoms with van der Waals surface area (Å²) in [5.41, 5.74) is 8.10. The molecule has 4 N–H and O–H groups in total. The minimum Gasteiger partial charge on any atom is -0.453 e. The maximum atomic E-state index is 12.5. The van der Waals surface area contributed by atoms with Gasteiger partial charge < -0.3 is 35.1 Å². The van der Waals surface area contributed by atoms with Gasteiger partial charge in [0.25, 0.3) is 0 Å². The molecule has 2 saturated heterocycles. The fourth-order valence-corrected chi connectivity index (χ4v) is 11.5. The van der Waals surface area contributed by atoms with Gasteiger partial charge in [0, 0.05) is 76.9 Å². The monoisotopic (exact) mass is 886 g/mol. The first kappa shape index (κ1) is 44.2. The van der Waals surface area contributed by atoms with Crippen molar-refractivity contribution in [2.75, 3.05) is 39.8 Å². The molecule has 13 nitrogen and oxygen atoms in total. The molecule has 60 heavy (non-hydrogen) atoms. The average Bonchev–Trinajstić information content (AvgIpc) is 4.11. The number of likely N-dealkylation sites (tertiary alicyclic amines) is 2. The maximum absolute atomic E-state index is 12.5. The Kier molecular flexibility index (Phi) is 16.0. The second kappa shape index (κ2) is 21.8. The van der Waals surface area contributed by atoms with Crippen LogP contribution in [0.4, 0.5) is 4.79 Å². The summed E-state index contributed by atoms with van der Waals surface area (Å²) in [4.78, 5) is 63.9. The van der Waals surface area contributed by atoms with E-state index in [1.54, 1.807) is 22.5 Å². The summed E-state index contributed by atoms with van der Waals surface area (Å²) in [6.45, 7) is 9.01. The summed E-state index contributed by atoms with van der Waals surface area (Å²) in [6.07, 6.45) is 12.1. The van der Waals surface area contributed by atoms with Crippen molar-refractivity contribution in [3.63, 3.8) is 0 Å². The predicted molar refractivity (Wildman–Crippen MR) is 245 cm³/mol. The van der Waals surface area contributed by atoms with Crippen LogP contribution in [0.5, 0.6) is 0 Å². The highest BCUT2D eigenvalue weighted by molar-refractivity contribution is 7.29. The SMILES string of the molecule is CC(=O)NCC(=O)N1CCCC1.CCC.COC(=O)NC(C(=O)N1CCCC1)c1ccccc1.c1ncc(-c2csc3c(-c4csc5c(-c6cnc[nH]6)csc45)csc23)[nH]1. The van der Waals surface area contributed by atoms with E-state index in [1.807, 2.05) is 88.1 Å². The lowest BCUT2D eigenvalue weighted by molar-refractivity contribution is -0.132. The first-order chi connectivity index (χ1) is 29.2. The third-order valence-corrected chi connectivity index (χ3v) is 13.9. The van der Waals surface area contributed by atoms with Gasteiger partial charge in [0.05, 0.1) is 68.9 Å². The third-order valence-electron chi connectivity index (χ3n) is 9.63. The second-order valence-corrected chi connectivity index (χ2v) is 17.6. The Hall–Kier alpha value is -5.36. The topological polar surface area (TPSA) is 165 Å². The Bertz CT molecular complexity index is 2320. The summed E-state index contributed by atoms with van der Waals surface area (Å²) in [5.74, 6) is -0.195. The Morgan fingerprint density at radius 2 is 1.17 bits per heavy atom. The van der Waals surface area contributed by atoms with Crippen LogP contribution in [0.25, 0.3) is 52.4 Å². The van der Waals surface area contributed by atoms with Crippen molar-refractivity contribution in [2.24, 2.45) is 0 Å². The summed E-state index contributed by atoms with van der Waals surface area (Å²) in [7, 11) is 1.29. The zero-order chi connectivity index (χ0) is 42.4. The molecule has 7 aromatic rings. The van der Waals surface area contributed by atoms with Crippen molar-refractivity contribution in [1.82, 2.24) is 40.4 Å². The minimum atomic E-state index is -0.674. The van der Waals surface area contributed by atoms with E-state index < -0.39 is 12.1 Å². The van der Waals surface area contributed by atoms with E-state index in [9.17, 15) is 19.2 Å². The summed E-state index contributed by atoms with van der Waals surface area (Å²) >= 11 is 7.25. The second-order valence-electron chi connectivity index (χ2n) is 14.1. The quantitative estimate of drug-likeness (QED) is 0.118. The number of methoxy groups -OCH3 is 1. The Balaban J connectivity index is 0.000000156. The number of H-pyrrole nitrogens is 2. The molecule has 0 bridgehead atoms. The summed E-state index contributed by atoms with van der Waals surface area (Å²) in [5, 5.41) is 14.1. The van der Waals surface area contributed by atoms with Crippen molar-refractivity contribution in [3.05, 3.63) is 82.5 Å². The maximum Gasteiger partial charge on any atom is 0.407 e. The van der Waals surface area contributed by atoms with Crippen LogP contribution < -0.4 is 10.6 Å². The number of amides is 4. The molecule has 8 heterocycles. The molecule has 0 spiro atoms. The number of imidazole rings is 2. The highest BCUT2D eigenvalue weighted by Gasteiger charge is 2.29. The highest BCUT2D eigenvalue weighted by Crippen LogP contribution is 2.49. The van der Waals surface area contributed by atoms with E-state index in [0.717, 1.165) is 68.8 Å². The zero-order valence-electron chi connectivity index (χ0n) is 34.1. The molecular weight excluding hydrogens is 837 g/mol. The number of rotatable bonds is 8. The van der Waals surface area contributed by atoms with E-state index in [2.05, 4.69) is 70.7 Å². The summed E-state index contributed by atoms with van der Waals surface area (Å²) < 4.78 is 9.97. The Morgan fingerprint density at radius 1 is 0.717 bits per heavy atom. The number of aromatic nitrogens is 4. The van der Waals surface area contributed by atoms with Gasteiger partial charge >= 0.3 is 6.09 Å². The van der Waals surface area contributed by atoms with Crippen molar-refractivity contribution in [3.8, 4) is 33.6 Å². The van der Waals surface area contributed by atoms with Gasteiger partial charge in [0.2, 0.25) is 17.7 Å². The van der Waals surface area contributed by atoms with Gasteiger partial charge in [-0.3, -0.25) is 14.4 Å². The number of carbonyl (C=O) groups is 4. The van der Waals surface area contributed by atoms with Crippen molar-refractivity contribution < 1.29 is 23.9 Å². The molecule has 0 saturated carbocycles. The van der Waals surface area contributed by atoms with E-state index >= 15 is 0 Å². The normalized spacial score (nSPS) is 13.7. The smallest absolute Gasteiger partial charge is 0.407 e. The molecule has 9 rings (SSSR count). The van der Waals surface area contributed by atoms with Crippen LogP contribution in [-0.2, 0) is 19.1 Å². The van der Waals surface area contributed by atoms with Crippen LogP contribution in [-0.4, -0.2) is 93.4 Å². The van der Waals surface area contributed by atoms with Crippen molar-refractivity contribution in [2.45, 2.75) is 58.9 Å². The van der Waals surface area contributed by atoms with E-state index in [1.165, 1.54) is 61.5 Å². The fourth-order valence-electron chi connectivity index (χ4n) is 6.70. The lowest BCUT2D eigenvalue weighted by atomic mass is 10.1. The number of hydrogen-bond acceptors (Lipinski definition) is 11. The average molecular weight is 887 g/mol. The molecule has 1 unspecified atom stereocenters. The number of aromatic amines is 2. The first-order valence-electron chi connectivity index (χ1n) is 19.9. The molecular formula is C43H50N8O5S4. The van der Waals surface area contributed by atoms with Gasteiger partial charge in [-0.15, -0.1) is 45.3 Å². The Morgan fingerprint density at radius 3 is 1.60 bits per heavy atom. The van der Waals surface area contributed by atoms with Crippen LogP contribution >= 0.6 is 45.3 Å². The molecule has 316 valence electrons. The fraction of sp³-hybridized carbons (Fsp3) is 0.349. The molecule has 1 aromatic carbocycles. The van der Waals surface area contributed by atoms with E-state index in [0.29, 0.717) is 0 Å². The van der Waals surface area contributed by atoms with E-state index in [-0.39, 0.29) is 24.3 Å². The number of carbonyl (C=O) groups excluding carboxylic acids is 4. The Labute approximate surface area is 365 Å². The standard InChI is InChI=1S/C18H10N4S4.C14H18N2O3.C8H14N2O2.C3H8/c1-13(21-7-19-1)11-5-25-15-9(3-23-17(11)15)10-4-24-18-12(6-26-16(10)18)14-2-20-8-22-14;1-19-14(18)15-12(11-7-3-2-4-8-11)13(17)16-9-5-6-10-16;1-7(11)9-6-8(12)10-4-2-3-5-10;1-3-2/h1-8H,(H,19,21)(H,20,22);2-4,7-8,12H,5-6,9-10H2,1H3,(H,15,18);2-6H2,1H3,(H,9,11);3H2,1-2H3. The molecule has 2 fully saturated rings. The van der Waals surface area contributed by atoms with Gasteiger partial charge in [0.1, 0.15) is 6.04 Å². The largest absolute Gasteiger partial charge is 0.453 e. The number of ether oxygens (including phenoxy) is 1. The number of fused-ring (bicyclic) bond motifs is 2. The number of thiophene rings is 4. The minimum absolute atomic E-state index is 0.0303. The van der Waals surface area contributed by atoms with Gasteiger partial charge in [-0.25, -0.2) is 14.8 Å². The van der Waals surface area contributed by atoms with Crippen LogP contribution in [0.15, 0.2) is 76.9 Å². The molecule has 17 heteroatoms. The number of nitrogens with one attached hydrogen (secondary N) is 4. The predicted octanol–water partition coefficient (Wildman–Crippen LogP) is 9.55. The number of alkyl carbamates (subject to hydrolysis) is 1. The highest BCUT2D eigenvalue weighted by atomic mass is 32.1. The molecule has 2 aliphatic rings. The van der Waals surface area contributed by atoms with Gasteiger partial charge in [-0.2, -0.15) is 0 Å². The van der Waals surface area contributed by atoms with E-state index in [4.69, 9.17) is 0 Å². The molecule has 6 aromatic heterocycles. The molecule has 1 atom stereocenters. The van der Waals surface area contributed by atoms with Gasteiger partial charge in [-0.1, -0.05) is 50.6 Å². The molecule has 0 radical (unpaired) electrons. The number of benzene rings is 1. The lowest BCUT2D eigenvalue weighted by Crippen LogP contribution is -2.41.